The maximum absolute atomic E-state index is 13.0. The highest BCUT2D eigenvalue weighted by Crippen LogP contribution is 2.20. The normalized spacial score (nSPS) is 21.4. The molecule has 26 heavy (non-hydrogen) atoms. The Morgan fingerprint density at radius 2 is 1.88 bits per heavy atom. The van der Waals surface area contributed by atoms with E-state index in [0.29, 0.717) is 12.1 Å². The number of carbonyl (C=O) groups is 1. The first-order valence-electron chi connectivity index (χ1n) is 10.2. The van der Waals surface area contributed by atoms with Gasteiger partial charge in [-0.05, 0) is 57.5 Å². The van der Waals surface area contributed by atoms with Crippen molar-refractivity contribution in [1.29, 1.82) is 0 Å². The molecular formula is C21H34N4O. The molecule has 0 saturated carbocycles. The first-order valence-corrected chi connectivity index (χ1v) is 10.2. The summed E-state index contributed by atoms with van der Waals surface area (Å²) in [5.41, 5.74) is 2.05. The Labute approximate surface area is 158 Å². The Morgan fingerprint density at radius 3 is 2.42 bits per heavy atom. The Balaban J connectivity index is 1.64. The largest absolute Gasteiger partial charge is 0.369 e. The molecule has 2 saturated heterocycles. The topological polar surface area (TPSA) is 38.8 Å². The molecule has 1 aromatic rings. The van der Waals surface area contributed by atoms with E-state index in [1.54, 1.807) is 0 Å². The van der Waals surface area contributed by atoms with Crippen molar-refractivity contribution in [2.45, 2.75) is 45.7 Å². The summed E-state index contributed by atoms with van der Waals surface area (Å²) in [6, 6.07) is 9.22. The first-order chi connectivity index (χ1) is 12.6. The number of amides is 1. The minimum atomic E-state index is 0.178. The highest BCUT2D eigenvalue weighted by molar-refractivity contribution is 5.94. The van der Waals surface area contributed by atoms with Gasteiger partial charge in [-0.25, -0.2) is 0 Å². The number of benzene rings is 1. The molecule has 1 unspecified atom stereocenters. The Kier molecular flexibility index (Phi) is 6.54. The molecule has 2 heterocycles. The average molecular weight is 359 g/mol. The second kappa shape index (κ2) is 8.87. The molecule has 0 radical (unpaired) electrons. The summed E-state index contributed by atoms with van der Waals surface area (Å²) >= 11 is 0. The van der Waals surface area contributed by atoms with E-state index in [0.717, 1.165) is 64.2 Å². The zero-order chi connectivity index (χ0) is 18.5. The van der Waals surface area contributed by atoms with Crippen molar-refractivity contribution in [2.24, 2.45) is 0 Å². The predicted molar refractivity (Wildman–Crippen MR) is 108 cm³/mol. The van der Waals surface area contributed by atoms with Gasteiger partial charge >= 0.3 is 0 Å². The standard InChI is InChI=1S/C21H34N4O/c1-4-11-25(20-9-10-22-16-20)21(26)18-5-7-19(8-6-18)24-14-12-23(13-15-24)17(2)3/h5-8,17,20,22H,4,9-16H2,1-3H3. The molecule has 0 bridgehead atoms. The maximum Gasteiger partial charge on any atom is 0.254 e. The molecule has 1 N–H and O–H groups in total. The van der Waals surface area contributed by atoms with E-state index in [1.807, 2.05) is 12.1 Å². The summed E-state index contributed by atoms with van der Waals surface area (Å²) in [5, 5.41) is 3.38. The molecule has 1 atom stereocenters. The first kappa shape index (κ1) is 19.2. The van der Waals surface area contributed by atoms with Crippen molar-refractivity contribution in [1.82, 2.24) is 15.1 Å². The Bertz CT molecular complexity index is 572. The van der Waals surface area contributed by atoms with E-state index in [4.69, 9.17) is 0 Å². The summed E-state index contributed by atoms with van der Waals surface area (Å²) in [5.74, 6) is 0.178. The Hall–Kier alpha value is -1.59. The van der Waals surface area contributed by atoms with Gasteiger partial charge < -0.3 is 15.1 Å². The number of anilines is 1. The van der Waals surface area contributed by atoms with Crippen LogP contribution in [0.5, 0.6) is 0 Å². The van der Waals surface area contributed by atoms with Crippen LogP contribution in [0.15, 0.2) is 24.3 Å². The number of nitrogens with one attached hydrogen (secondary N) is 1. The van der Waals surface area contributed by atoms with Crippen molar-refractivity contribution >= 4 is 11.6 Å². The van der Waals surface area contributed by atoms with Gasteiger partial charge in [-0.3, -0.25) is 9.69 Å². The van der Waals surface area contributed by atoms with E-state index in [1.165, 1.54) is 5.69 Å². The van der Waals surface area contributed by atoms with Crippen LogP contribution in [0.25, 0.3) is 0 Å². The summed E-state index contributed by atoms with van der Waals surface area (Å²) < 4.78 is 0. The fourth-order valence-corrected chi connectivity index (χ4v) is 4.07. The second-order valence-electron chi connectivity index (χ2n) is 7.81. The van der Waals surface area contributed by atoms with Gasteiger partial charge in [-0.2, -0.15) is 0 Å². The van der Waals surface area contributed by atoms with Gasteiger partial charge in [0.05, 0.1) is 0 Å². The van der Waals surface area contributed by atoms with Crippen molar-refractivity contribution in [3.63, 3.8) is 0 Å². The number of nitrogens with zero attached hydrogens (tertiary/aromatic N) is 3. The SMILES string of the molecule is CCCN(C(=O)c1ccc(N2CCN(C(C)C)CC2)cc1)C1CCNC1. The molecule has 1 aromatic carbocycles. The average Bonchev–Trinajstić information content (AvgIpc) is 3.20. The van der Waals surface area contributed by atoms with E-state index in [-0.39, 0.29) is 5.91 Å². The van der Waals surface area contributed by atoms with Gasteiger partial charge in [0.25, 0.3) is 5.91 Å². The molecule has 0 aromatic heterocycles. The van der Waals surface area contributed by atoms with Gasteiger partial charge in [0.15, 0.2) is 0 Å². The van der Waals surface area contributed by atoms with Crippen molar-refractivity contribution in [3.05, 3.63) is 29.8 Å². The molecule has 2 aliphatic heterocycles. The van der Waals surface area contributed by atoms with E-state index in [2.05, 4.69) is 52.9 Å². The lowest BCUT2D eigenvalue weighted by atomic mass is 10.1. The molecule has 1 amide bonds. The fourth-order valence-electron chi connectivity index (χ4n) is 4.07. The van der Waals surface area contributed by atoms with Crippen LogP contribution in [0, 0.1) is 0 Å². The predicted octanol–water partition coefficient (Wildman–Crippen LogP) is 2.43. The molecule has 0 aliphatic carbocycles. The van der Waals surface area contributed by atoms with Crippen molar-refractivity contribution < 1.29 is 4.79 Å². The zero-order valence-electron chi connectivity index (χ0n) is 16.6. The lowest BCUT2D eigenvalue weighted by molar-refractivity contribution is 0.0692. The van der Waals surface area contributed by atoms with Crippen LogP contribution < -0.4 is 10.2 Å². The number of hydrogen-bond acceptors (Lipinski definition) is 4. The summed E-state index contributed by atoms with van der Waals surface area (Å²) in [4.78, 5) is 20.0. The van der Waals surface area contributed by atoms with Crippen molar-refractivity contribution in [2.75, 3.05) is 50.7 Å². The number of carbonyl (C=O) groups excluding carboxylic acids is 1. The summed E-state index contributed by atoms with van der Waals surface area (Å²) in [7, 11) is 0. The second-order valence-corrected chi connectivity index (χ2v) is 7.81. The third-order valence-electron chi connectivity index (χ3n) is 5.72. The van der Waals surface area contributed by atoms with Crippen LogP contribution >= 0.6 is 0 Å². The number of hydrogen-bond donors (Lipinski definition) is 1. The fraction of sp³-hybridized carbons (Fsp3) is 0.667. The van der Waals surface area contributed by atoms with Crippen LogP contribution in [0.1, 0.15) is 44.0 Å². The van der Waals surface area contributed by atoms with Crippen LogP contribution in [0.4, 0.5) is 5.69 Å². The minimum Gasteiger partial charge on any atom is -0.369 e. The summed E-state index contributed by atoms with van der Waals surface area (Å²) in [6.07, 6.45) is 2.06. The monoisotopic (exact) mass is 358 g/mol. The van der Waals surface area contributed by atoms with Gasteiger partial charge in [0.2, 0.25) is 0 Å². The van der Waals surface area contributed by atoms with E-state index in [9.17, 15) is 4.79 Å². The molecule has 2 aliphatic rings. The third kappa shape index (κ3) is 4.38. The molecular weight excluding hydrogens is 324 g/mol. The Morgan fingerprint density at radius 1 is 1.19 bits per heavy atom. The lowest BCUT2D eigenvalue weighted by Gasteiger charge is -2.38. The third-order valence-corrected chi connectivity index (χ3v) is 5.72. The lowest BCUT2D eigenvalue weighted by Crippen LogP contribution is -2.48. The van der Waals surface area contributed by atoms with Gasteiger partial charge in [-0.15, -0.1) is 0 Å². The number of rotatable bonds is 6. The van der Waals surface area contributed by atoms with Gasteiger partial charge in [0, 0.05) is 62.6 Å². The highest BCUT2D eigenvalue weighted by Gasteiger charge is 2.27. The molecule has 5 heteroatoms. The smallest absolute Gasteiger partial charge is 0.254 e. The highest BCUT2D eigenvalue weighted by atomic mass is 16.2. The van der Waals surface area contributed by atoms with E-state index >= 15 is 0 Å². The molecule has 3 rings (SSSR count). The van der Waals surface area contributed by atoms with Crippen LogP contribution in [0.2, 0.25) is 0 Å². The van der Waals surface area contributed by atoms with Crippen LogP contribution in [-0.2, 0) is 0 Å². The molecule has 144 valence electrons. The van der Waals surface area contributed by atoms with Gasteiger partial charge in [0.1, 0.15) is 0 Å². The quantitative estimate of drug-likeness (QED) is 0.848. The molecule has 5 nitrogen and oxygen atoms in total. The van der Waals surface area contributed by atoms with E-state index < -0.39 is 0 Å². The van der Waals surface area contributed by atoms with Crippen LogP contribution in [0.3, 0.4) is 0 Å². The van der Waals surface area contributed by atoms with Crippen LogP contribution in [-0.4, -0.2) is 73.6 Å². The molecule has 0 spiro atoms. The number of piperazine rings is 1. The van der Waals surface area contributed by atoms with Crippen molar-refractivity contribution in [3.8, 4) is 0 Å². The molecule has 2 fully saturated rings. The minimum absolute atomic E-state index is 0.178. The van der Waals surface area contributed by atoms with Gasteiger partial charge in [-0.1, -0.05) is 6.92 Å². The maximum atomic E-state index is 13.0. The summed E-state index contributed by atoms with van der Waals surface area (Å²) in [6.45, 7) is 13.8. The zero-order valence-corrected chi connectivity index (χ0v) is 16.6.